The molecule has 0 aromatic heterocycles. The molecule has 0 radical (unpaired) electrons. The summed E-state index contributed by atoms with van der Waals surface area (Å²) in [7, 11) is 0. The maximum absolute atomic E-state index is 12.2. The van der Waals surface area contributed by atoms with Gasteiger partial charge < -0.3 is 10.2 Å². The summed E-state index contributed by atoms with van der Waals surface area (Å²) in [5.41, 5.74) is 0.996. The summed E-state index contributed by atoms with van der Waals surface area (Å²) in [6.45, 7) is 4.97. The van der Waals surface area contributed by atoms with Gasteiger partial charge in [0.1, 0.15) is 0 Å². The topological polar surface area (TPSA) is 32.3 Å². The minimum absolute atomic E-state index is 0.209. The Balaban J connectivity index is 1.81. The van der Waals surface area contributed by atoms with E-state index in [0.717, 1.165) is 37.0 Å². The first kappa shape index (κ1) is 13.4. The predicted molar refractivity (Wildman–Crippen MR) is 78.2 cm³/mol. The minimum Gasteiger partial charge on any atom is -0.316 e. The average molecular weight is 264 g/mol. The largest absolute Gasteiger partial charge is 0.316 e. The second-order valence-electron chi connectivity index (χ2n) is 4.51. The molecule has 1 aromatic rings. The molecule has 0 saturated carbocycles. The van der Waals surface area contributed by atoms with Crippen LogP contribution in [-0.4, -0.2) is 37.0 Å². The van der Waals surface area contributed by atoms with Crippen LogP contribution in [-0.2, 0) is 4.79 Å². The normalized spacial score (nSPS) is 15.2. The number of anilines is 1. The van der Waals surface area contributed by atoms with Crippen molar-refractivity contribution in [2.45, 2.75) is 6.92 Å². The third-order valence-corrected chi connectivity index (χ3v) is 4.29. The molecule has 1 fully saturated rings. The van der Waals surface area contributed by atoms with E-state index in [4.69, 9.17) is 0 Å². The van der Waals surface area contributed by atoms with Crippen molar-refractivity contribution >= 4 is 23.4 Å². The number of nitrogens with zero attached hydrogens (tertiary/aromatic N) is 1. The van der Waals surface area contributed by atoms with Gasteiger partial charge >= 0.3 is 0 Å². The summed E-state index contributed by atoms with van der Waals surface area (Å²) in [5.74, 6) is 2.64. The van der Waals surface area contributed by atoms with Crippen LogP contribution in [0.2, 0.25) is 0 Å². The lowest BCUT2D eigenvalue weighted by atomic mass is 10.1. The summed E-state index contributed by atoms with van der Waals surface area (Å²) >= 11 is 1.75. The lowest BCUT2D eigenvalue weighted by Crippen LogP contribution is -2.43. The molecule has 98 valence electrons. The SMILES string of the molecule is CCN(C(=O)CSCC1CNC1)c1ccccc1. The Bertz CT molecular complexity index is 379. The number of carbonyl (C=O) groups is 1. The Morgan fingerprint density at radius 3 is 2.67 bits per heavy atom. The number of para-hydroxylation sites is 1. The van der Waals surface area contributed by atoms with Crippen molar-refractivity contribution in [1.29, 1.82) is 0 Å². The zero-order valence-electron chi connectivity index (χ0n) is 10.8. The van der Waals surface area contributed by atoms with Gasteiger partial charge in [-0.1, -0.05) is 18.2 Å². The third kappa shape index (κ3) is 3.50. The number of carbonyl (C=O) groups excluding carboxylic acids is 1. The molecule has 1 amide bonds. The van der Waals surface area contributed by atoms with Crippen molar-refractivity contribution in [1.82, 2.24) is 5.32 Å². The molecule has 1 aromatic carbocycles. The summed E-state index contributed by atoms with van der Waals surface area (Å²) in [6.07, 6.45) is 0. The molecular formula is C14H20N2OS. The van der Waals surface area contributed by atoms with Crippen LogP contribution in [0.3, 0.4) is 0 Å². The van der Waals surface area contributed by atoms with Gasteiger partial charge in [0.25, 0.3) is 0 Å². The van der Waals surface area contributed by atoms with Gasteiger partial charge in [-0.3, -0.25) is 4.79 Å². The first-order chi connectivity index (χ1) is 8.81. The first-order valence-electron chi connectivity index (χ1n) is 6.45. The number of thioether (sulfide) groups is 1. The Hall–Kier alpha value is -1.00. The van der Waals surface area contributed by atoms with Crippen molar-refractivity contribution in [3.8, 4) is 0 Å². The van der Waals surface area contributed by atoms with Crippen molar-refractivity contribution in [2.75, 3.05) is 36.0 Å². The predicted octanol–water partition coefficient (Wildman–Crippen LogP) is 1.99. The van der Waals surface area contributed by atoms with Gasteiger partial charge in [-0.05, 0) is 43.8 Å². The highest BCUT2D eigenvalue weighted by molar-refractivity contribution is 7.99. The molecule has 4 heteroatoms. The summed E-state index contributed by atoms with van der Waals surface area (Å²) in [6, 6.07) is 9.89. The van der Waals surface area contributed by atoms with Gasteiger partial charge in [-0.2, -0.15) is 11.8 Å². The Labute approximate surface area is 113 Å². The van der Waals surface area contributed by atoms with Crippen molar-refractivity contribution < 1.29 is 4.79 Å². The van der Waals surface area contributed by atoms with Crippen LogP contribution in [0.25, 0.3) is 0 Å². The second-order valence-corrected chi connectivity index (χ2v) is 5.54. The maximum atomic E-state index is 12.2. The molecule has 0 aliphatic carbocycles. The number of rotatable bonds is 6. The highest BCUT2D eigenvalue weighted by atomic mass is 32.2. The fourth-order valence-electron chi connectivity index (χ4n) is 1.97. The third-order valence-electron chi connectivity index (χ3n) is 3.13. The fourth-order valence-corrected chi connectivity index (χ4v) is 2.99. The molecule has 1 heterocycles. The number of hydrogen-bond acceptors (Lipinski definition) is 3. The first-order valence-corrected chi connectivity index (χ1v) is 7.60. The average Bonchev–Trinajstić information content (AvgIpc) is 2.34. The van der Waals surface area contributed by atoms with E-state index in [2.05, 4.69) is 5.32 Å². The van der Waals surface area contributed by atoms with Crippen LogP contribution in [0.1, 0.15) is 6.92 Å². The maximum Gasteiger partial charge on any atom is 0.236 e. The van der Waals surface area contributed by atoms with E-state index in [1.54, 1.807) is 11.8 Å². The van der Waals surface area contributed by atoms with Crippen LogP contribution < -0.4 is 10.2 Å². The van der Waals surface area contributed by atoms with Gasteiger partial charge in [0.15, 0.2) is 0 Å². The van der Waals surface area contributed by atoms with Gasteiger partial charge in [-0.15, -0.1) is 0 Å². The number of amides is 1. The monoisotopic (exact) mass is 264 g/mol. The Kier molecular flexibility index (Phi) is 5.08. The van der Waals surface area contributed by atoms with Crippen molar-refractivity contribution in [2.24, 2.45) is 5.92 Å². The molecule has 0 bridgehead atoms. The zero-order valence-corrected chi connectivity index (χ0v) is 11.6. The molecule has 1 aliphatic heterocycles. The number of nitrogens with one attached hydrogen (secondary N) is 1. The second kappa shape index (κ2) is 6.81. The molecule has 1 saturated heterocycles. The summed E-state index contributed by atoms with van der Waals surface area (Å²) in [5, 5.41) is 3.25. The summed E-state index contributed by atoms with van der Waals surface area (Å²) in [4.78, 5) is 14.0. The van der Waals surface area contributed by atoms with Gasteiger partial charge in [0.2, 0.25) is 5.91 Å². The quantitative estimate of drug-likeness (QED) is 0.853. The van der Waals surface area contributed by atoms with E-state index in [9.17, 15) is 4.79 Å². The standard InChI is InChI=1S/C14H20N2OS/c1-2-16(13-6-4-3-5-7-13)14(17)11-18-10-12-8-15-9-12/h3-7,12,15H,2,8-11H2,1H3. The van der Waals surface area contributed by atoms with Crippen LogP contribution in [0.15, 0.2) is 30.3 Å². The van der Waals surface area contributed by atoms with E-state index in [-0.39, 0.29) is 5.91 Å². The van der Waals surface area contributed by atoms with Crippen LogP contribution in [0, 0.1) is 5.92 Å². The Morgan fingerprint density at radius 2 is 2.11 bits per heavy atom. The van der Waals surface area contributed by atoms with E-state index < -0.39 is 0 Å². The zero-order chi connectivity index (χ0) is 12.8. The minimum atomic E-state index is 0.209. The lowest BCUT2D eigenvalue weighted by molar-refractivity contribution is -0.116. The highest BCUT2D eigenvalue weighted by Gasteiger charge is 2.18. The highest BCUT2D eigenvalue weighted by Crippen LogP contribution is 2.17. The van der Waals surface area contributed by atoms with E-state index in [1.807, 2.05) is 42.2 Å². The van der Waals surface area contributed by atoms with E-state index in [1.165, 1.54) is 0 Å². The van der Waals surface area contributed by atoms with Crippen LogP contribution in [0.4, 0.5) is 5.69 Å². The van der Waals surface area contributed by atoms with E-state index in [0.29, 0.717) is 5.75 Å². The van der Waals surface area contributed by atoms with Crippen molar-refractivity contribution in [3.63, 3.8) is 0 Å². The van der Waals surface area contributed by atoms with Crippen molar-refractivity contribution in [3.05, 3.63) is 30.3 Å². The van der Waals surface area contributed by atoms with E-state index >= 15 is 0 Å². The lowest BCUT2D eigenvalue weighted by Gasteiger charge is -2.27. The molecule has 0 spiro atoms. The molecule has 0 unspecified atom stereocenters. The molecule has 0 atom stereocenters. The molecule has 3 nitrogen and oxygen atoms in total. The summed E-state index contributed by atoms with van der Waals surface area (Å²) < 4.78 is 0. The smallest absolute Gasteiger partial charge is 0.236 e. The molecule has 1 N–H and O–H groups in total. The number of benzene rings is 1. The van der Waals surface area contributed by atoms with Gasteiger partial charge in [0, 0.05) is 12.2 Å². The van der Waals surface area contributed by atoms with Crippen LogP contribution >= 0.6 is 11.8 Å². The fraction of sp³-hybridized carbons (Fsp3) is 0.500. The van der Waals surface area contributed by atoms with Gasteiger partial charge in [0.05, 0.1) is 5.75 Å². The Morgan fingerprint density at radius 1 is 1.39 bits per heavy atom. The van der Waals surface area contributed by atoms with Gasteiger partial charge in [-0.25, -0.2) is 0 Å². The molecular weight excluding hydrogens is 244 g/mol. The molecule has 18 heavy (non-hydrogen) atoms. The van der Waals surface area contributed by atoms with Crippen LogP contribution in [0.5, 0.6) is 0 Å². The number of hydrogen-bond donors (Lipinski definition) is 1. The molecule has 2 rings (SSSR count). The molecule has 1 aliphatic rings.